The third-order valence-electron chi connectivity index (χ3n) is 3.07. The molecular weight excluding hydrogens is 260 g/mol. The maximum absolute atomic E-state index is 9.72. The minimum Gasteiger partial charge on any atom is -0.504 e. The molecule has 0 fully saturated rings. The Hall–Kier alpha value is -2.14. The van der Waals surface area contributed by atoms with Crippen LogP contribution in [0.1, 0.15) is 10.7 Å². The zero-order valence-corrected chi connectivity index (χ0v) is 11.2. The monoisotopic (exact) mass is 273 g/mol. The molecule has 2 N–H and O–H groups in total. The van der Waals surface area contributed by atoms with Crippen molar-refractivity contribution in [3.05, 3.63) is 47.2 Å². The molecule has 0 atom stereocenters. The maximum Gasteiger partial charge on any atom is 0.226 e. The van der Waals surface area contributed by atoms with E-state index in [1.165, 1.54) is 6.07 Å². The fraction of sp³-hybridized carbons (Fsp3) is 0.143. The first-order chi connectivity index (χ1) is 9.15. The van der Waals surface area contributed by atoms with Crippen LogP contribution in [-0.2, 0) is 6.54 Å². The van der Waals surface area contributed by atoms with E-state index in [1.807, 2.05) is 28.8 Å². The van der Waals surface area contributed by atoms with E-state index in [0.717, 1.165) is 15.2 Å². The van der Waals surface area contributed by atoms with Crippen LogP contribution in [0.25, 0.3) is 10.2 Å². The molecule has 0 radical (unpaired) electrons. The molecule has 4 nitrogen and oxygen atoms in total. The van der Waals surface area contributed by atoms with E-state index in [0.29, 0.717) is 12.2 Å². The van der Waals surface area contributed by atoms with Crippen LogP contribution in [0.2, 0.25) is 0 Å². The molecule has 19 heavy (non-hydrogen) atoms. The van der Waals surface area contributed by atoms with Gasteiger partial charge in [0.15, 0.2) is 23.5 Å². The number of para-hydroxylation sites is 1. The SMILES string of the molecule is Cc1c(O)c(O)cc[n+]1Cc1nc2ccccc2s1. The summed E-state index contributed by atoms with van der Waals surface area (Å²) in [4.78, 5) is 4.55. The highest BCUT2D eigenvalue weighted by Crippen LogP contribution is 2.25. The van der Waals surface area contributed by atoms with Gasteiger partial charge in [-0.25, -0.2) is 4.98 Å². The van der Waals surface area contributed by atoms with Crippen LogP contribution in [0.15, 0.2) is 36.5 Å². The number of nitrogens with zero attached hydrogens (tertiary/aromatic N) is 2. The second-order valence-electron chi connectivity index (χ2n) is 4.34. The number of aromatic nitrogens is 2. The van der Waals surface area contributed by atoms with Crippen molar-refractivity contribution in [3.8, 4) is 11.5 Å². The van der Waals surface area contributed by atoms with E-state index in [4.69, 9.17) is 0 Å². The van der Waals surface area contributed by atoms with Gasteiger partial charge in [-0.2, -0.15) is 4.57 Å². The van der Waals surface area contributed by atoms with E-state index in [1.54, 1.807) is 24.5 Å². The number of pyridine rings is 1. The van der Waals surface area contributed by atoms with Gasteiger partial charge in [0.1, 0.15) is 0 Å². The molecular formula is C14H13N2O2S+. The van der Waals surface area contributed by atoms with Crippen LogP contribution in [0.5, 0.6) is 11.5 Å². The van der Waals surface area contributed by atoms with Gasteiger partial charge >= 0.3 is 0 Å². The first-order valence-electron chi connectivity index (χ1n) is 5.90. The number of rotatable bonds is 2. The number of aromatic hydroxyl groups is 2. The summed E-state index contributed by atoms with van der Waals surface area (Å²) in [6.07, 6.45) is 1.75. The normalized spacial score (nSPS) is 11.0. The maximum atomic E-state index is 9.72. The molecule has 1 aromatic carbocycles. The molecule has 5 heteroatoms. The van der Waals surface area contributed by atoms with Gasteiger partial charge in [0, 0.05) is 13.0 Å². The molecule has 0 saturated carbocycles. The smallest absolute Gasteiger partial charge is 0.226 e. The number of benzene rings is 1. The summed E-state index contributed by atoms with van der Waals surface area (Å²) >= 11 is 1.63. The lowest BCUT2D eigenvalue weighted by atomic mass is 10.3. The topological polar surface area (TPSA) is 57.2 Å². The molecule has 0 saturated heterocycles. The lowest BCUT2D eigenvalue weighted by molar-refractivity contribution is -0.694. The number of fused-ring (bicyclic) bond motifs is 1. The molecule has 0 unspecified atom stereocenters. The van der Waals surface area contributed by atoms with Crippen molar-refractivity contribution in [3.63, 3.8) is 0 Å². The predicted molar refractivity (Wildman–Crippen MR) is 73.4 cm³/mol. The Morgan fingerprint density at radius 1 is 1.21 bits per heavy atom. The Balaban J connectivity index is 1.99. The van der Waals surface area contributed by atoms with Gasteiger partial charge in [0.25, 0.3) is 0 Å². The average Bonchev–Trinajstić information content (AvgIpc) is 2.82. The summed E-state index contributed by atoms with van der Waals surface area (Å²) in [6, 6.07) is 9.48. The Morgan fingerprint density at radius 3 is 2.79 bits per heavy atom. The van der Waals surface area contributed by atoms with Crippen molar-refractivity contribution >= 4 is 21.6 Å². The van der Waals surface area contributed by atoms with E-state index in [2.05, 4.69) is 4.98 Å². The molecule has 3 aromatic rings. The van der Waals surface area contributed by atoms with Gasteiger partial charge in [-0.15, -0.1) is 11.3 Å². The van der Waals surface area contributed by atoms with Crippen molar-refractivity contribution in [2.45, 2.75) is 13.5 Å². The number of thiazole rings is 1. The van der Waals surface area contributed by atoms with Gasteiger partial charge in [-0.1, -0.05) is 12.1 Å². The third-order valence-corrected chi connectivity index (χ3v) is 4.09. The van der Waals surface area contributed by atoms with Crippen LogP contribution < -0.4 is 4.57 Å². The molecule has 0 amide bonds. The molecule has 0 aliphatic heterocycles. The molecule has 0 bridgehead atoms. The van der Waals surface area contributed by atoms with Crippen LogP contribution in [0.4, 0.5) is 0 Å². The van der Waals surface area contributed by atoms with Crippen molar-refractivity contribution in [2.75, 3.05) is 0 Å². The number of hydrogen-bond donors (Lipinski definition) is 2. The van der Waals surface area contributed by atoms with E-state index >= 15 is 0 Å². The standard InChI is InChI=1S/C14H12N2O2S/c1-9-14(18)11(17)6-7-16(9)8-13-15-10-4-2-3-5-12(10)19-13/h2-7,18H,8H2,1H3/p+1. The molecule has 0 aliphatic rings. The van der Waals surface area contributed by atoms with Gasteiger partial charge in [-0.3, -0.25) is 0 Å². The molecule has 96 valence electrons. The minimum atomic E-state index is -0.0990. The lowest BCUT2D eigenvalue weighted by Crippen LogP contribution is -2.37. The predicted octanol–water partition coefficient (Wildman–Crippen LogP) is 2.35. The fourth-order valence-corrected chi connectivity index (χ4v) is 2.94. The van der Waals surface area contributed by atoms with Crippen LogP contribution in [-0.4, -0.2) is 15.2 Å². The van der Waals surface area contributed by atoms with Gasteiger partial charge in [0.2, 0.25) is 11.4 Å². The Bertz CT molecular complexity index is 719. The Labute approximate surface area is 114 Å². The number of hydrogen-bond acceptors (Lipinski definition) is 4. The van der Waals surface area contributed by atoms with Crippen LogP contribution in [0.3, 0.4) is 0 Å². The zero-order valence-electron chi connectivity index (χ0n) is 10.4. The van der Waals surface area contributed by atoms with E-state index < -0.39 is 0 Å². The second kappa shape index (κ2) is 4.51. The van der Waals surface area contributed by atoms with Crippen molar-refractivity contribution in [2.24, 2.45) is 0 Å². The summed E-state index contributed by atoms with van der Waals surface area (Å²) in [5.74, 6) is -0.179. The highest BCUT2D eigenvalue weighted by Gasteiger charge is 2.17. The highest BCUT2D eigenvalue weighted by molar-refractivity contribution is 7.18. The van der Waals surface area contributed by atoms with Crippen LogP contribution in [0, 0.1) is 6.92 Å². The zero-order chi connectivity index (χ0) is 13.4. The fourth-order valence-electron chi connectivity index (χ4n) is 1.98. The lowest BCUT2D eigenvalue weighted by Gasteiger charge is -2.01. The van der Waals surface area contributed by atoms with Crippen molar-refractivity contribution in [1.82, 2.24) is 4.98 Å². The Morgan fingerprint density at radius 2 is 2.00 bits per heavy atom. The molecule has 0 spiro atoms. The first kappa shape index (κ1) is 11.9. The summed E-state index contributed by atoms with van der Waals surface area (Å²) in [5.41, 5.74) is 1.61. The Kier molecular flexibility index (Phi) is 2.83. The average molecular weight is 273 g/mol. The van der Waals surface area contributed by atoms with E-state index in [9.17, 15) is 10.2 Å². The molecule has 0 aliphatic carbocycles. The van der Waals surface area contributed by atoms with Gasteiger partial charge in [0.05, 0.1) is 10.2 Å². The first-order valence-corrected chi connectivity index (χ1v) is 6.72. The summed E-state index contributed by atoms with van der Waals surface area (Å²) in [7, 11) is 0. The second-order valence-corrected chi connectivity index (χ2v) is 5.45. The quantitative estimate of drug-likeness (QED) is 0.705. The molecule has 3 rings (SSSR count). The third kappa shape index (κ3) is 2.13. The summed E-state index contributed by atoms with van der Waals surface area (Å²) < 4.78 is 3.02. The highest BCUT2D eigenvalue weighted by atomic mass is 32.1. The van der Waals surface area contributed by atoms with Crippen LogP contribution >= 0.6 is 11.3 Å². The summed E-state index contributed by atoms with van der Waals surface area (Å²) in [5, 5.41) is 20.1. The minimum absolute atomic E-state index is 0.0800. The molecule has 2 aromatic heterocycles. The van der Waals surface area contributed by atoms with Gasteiger partial charge in [-0.05, 0) is 12.1 Å². The molecule has 2 heterocycles. The summed E-state index contributed by atoms with van der Waals surface area (Å²) in [6.45, 7) is 2.35. The van der Waals surface area contributed by atoms with E-state index in [-0.39, 0.29) is 11.5 Å². The van der Waals surface area contributed by atoms with Gasteiger partial charge < -0.3 is 10.2 Å². The largest absolute Gasteiger partial charge is 0.504 e. The van der Waals surface area contributed by atoms with Crippen molar-refractivity contribution < 1.29 is 14.8 Å². The van der Waals surface area contributed by atoms with Crippen molar-refractivity contribution in [1.29, 1.82) is 0 Å².